The highest BCUT2D eigenvalue weighted by Crippen LogP contribution is 2.05. The fourth-order valence-electron chi connectivity index (χ4n) is 1.80. The summed E-state index contributed by atoms with van der Waals surface area (Å²) in [7, 11) is 0. The number of nitrogens with zero attached hydrogens (tertiary/aromatic N) is 1. The van der Waals surface area contributed by atoms with Crippen molar-refractivity contribution in [3.05, 3.63) is 35.4 Å². The van der Waals surface area contributed by atoms with Gasteiger partial charge in [-0.25, -0.2) is 4.79 Å². The van der Waals surface area contributed by atoms with Gasteiger partial charge in [0.05, 0.1) is 18.8 Å². The summed E-state index contributed by atoms with van der Waals surface area (Å²) in [5, 5.41) is 0. The highest BCUT2D eigenvalue weighted by molar-refractivity contribution is 5.91. The maximum atomic E-state index is 11.8. The molecule has 1 heterocycles. The van der Waals surface area contributed by atoms with Crippen LogP contribution in [0.25, 0.3) is 0 Å². The summed E-state index contributed by atoms with van der Waals surface area (Å²) < 4.78 is 10.2. The number of carbonyl (C=O) groups excluding carboxylic acids is 2. The molecule has 5 heteroatoms. The van der Waals surface area contributed by atoms with E-state index >= 15 is 0 Å². The molecule has 0 radical (unpaired) electrons. The van der Waals surface area contributed by atoms with E-state index in [9.17, 15) is 9.59 Å². The summed E-state index contributed by atoms with van der Waals surface area (Å²) in [6.07, 6.45) is 0. The first-order valence-corrected chi connectivity index (χ1v) is 7.26. The molecule has 1 aromatic rings. The molecular weight excluding hydrogens is 270 g/mol. The Morgan fingerprint density at radius 2 is 1.71 bits per heavy atom. The van der Waals surface area contributed by atoms with E-state index < -0.39 is 5.97 Å². The van der Waals surface area contributed by atoms with Gasteiger partial charge in [0.25, 0.3) is 5.91 Å². The predicted molar refractivity (Wildman–Crippen MR) is 80.2 cm³/mol. The maximum absolute atomic E-state index is 11.8. The Bertz CT molecular complexity index is 450. The molecule has 116 valence electrons. The number of carbonyl (C=O) groups is 2. The number of hydrogen-bond donors (Lipinski definition) is 0. The Morgan fingerprint density at radius 1 is 1.14 bits per heavy atom. The van der Waals surface area contributed by atoms with Crippen molar-refractivity contribution in [2.75, 3.05) is 32.9 Å². The summed E-state index contributed by atoms with van der Waals surface area (Å²) in [6.45, 7) is 7.92. The van der Waals surface area contributed by atoms with Crippen molar-refractivity contribution in [1.82, 2.24) is 4.90 Å². The minimum Gasteiger partial charge on any atom is -0.452 e. The van der Waals surface area contributed by atoms with Gasteiger partial charge < -0.3 is 14.4 Å². The molecule has 1 aliphatic rings. The fourth-order valence-corrected chi connectivity index (χ4v) is 1.80. The average Bonchev–Trinajstić information content (AvgIpc) is 2.55. The summed E-state index contributed by atoms with van der Waals surface area (Å²) in [5.41, 5.74) is 1.53. The van der Waals surface area contributed by atoms with Crippen molar-refractivity contribution in [3.8, 4) is 0 Å². The molecule has 1 aliphatic heterocycles. The highest BCUT2D eigenvalue weighted by Gasteiger charge is 2.18. The summed E-state index contributed by atoms with van der Waals surface area (Å²) in [6, 6.07) is 7.05. The molecule has 1 aromatic carbocycles. The Kier molecular flexibility index (Phi) is 7.46. The largest absolute Gasteiger partial charge is 0.452 e. The van der Waals surface area contributed by atoms with Gasteiger partial charge in [0, 0.05) is 13.1 Å². The van der Waals surface area contributed by atoms with Gasteiger partial charge in [-0.15, -0.1) is 0 Å². The van der Waals surface area contributed by atoms with Crippen molar-refractivity contribution in [1.29, 1.82) is 0 Å². The van der Waals surface area contributed by atoms with E-state index in [4.69, 9.17) is 9.47 Å². The number of hydrogen-bond acceptors (Lipinski definition) is 4. The molecule has 5 nitrogen and oxygen atoms in total. The van der Waals surface area contributed by atoms with Gasteiger partial charge in [-0.2, -0.15) is 0 Å². The van der Waals surface area contributed by atoms with E-state index in [1.54, 1.807) is 17.0 Å². The van der Waals surface area contributed by atoms with Crippen LogP contribution in [0.2, 0.25) is 0 Å². The van der Waals surface area contributed by atoms with Crippen LogP contribution >= 0.6 is 0 Å². The Labute approximate surface area is 125 Å². The molecule has 0 bridgehead atoms. The van der Waals surface area contributed by atoms with E-state index in [1.165, 1.54) is 0 Å². The number of esters is 1. The Morgan fingerprint density at radius 3 is 2.29 bits per heavy atom. The molecule has 0 N–H and O–H groups in total. The monoisotopic (exact) mass is 293 g/mol. The minimum absolute atomic E-state index is 0.177. The first-order chi connectivity index (χ1) is 10.2. The van der Waals surface area contributed by atoms with Crippen LogP contribution in [0.4, 0.5) is 0 Å². The zero-order chi connectivity index (χ0) is 15.7. The van der Waals surface area contributed by atoms with E-state index in [1.807, 2.05) is 32.9 Å². The smallest absolute Gasteiger partial charge is 0.338 e. The molecule has 1 saturated heterocycles. The Balaban J connectivity index is 0.00000106. The van der Waals surface area contributed by atoms with Gasteiger partial charge in [0.2, 0.25) is 0 Å². The second-order valence-corrected chi connectivity index (χ2v) is 4.44. The number of ether oxygens (including phenoxy) is 2. The molecule has 0 atom stereocenters. The second-order valence-electron chi connectivity index (χ2n) is 4.44. The van der Waals surface area contributed by atoms with E-state index in [0.29, 0.717) is 31.9 Å². The van der Waals surface area contributed by atoms with Gasteiger partial charge in [-0.1, -0.05) is 31.5 Å². The van der Waals surface area contributed by atoms with Crippen molar-refractivity contribution in [3.63, 3.8) is 0 Å². The van der Waals surface area contributed by atoms with E-state index in [2.05, 4.69) is 0 Å². The van der Waals surface area contributed by atoms with Gasteiger partial charge in [-0.3, -0.25) is 4.79 Å². The lowest BCUT2D eigenvalue weighted by Crippen LogP contribution is -2.42. The van der Waals surface area contributed by atoms with E-state index in [-0.39, 0.29) is 12.5 Å². The van der Waals surface area contributed by atoms with Crippen molar-refractivity contribution in [2.24, 2.45) is 0 Å². The van der Waals surface area contributed by atoms with Crippen LogP contribution < -0.4 is 0 Å². The summed E-state index contributed by atoms with van der Waals surface area (Å²) in [4.78, 5) is 25.2. The van der Waals surface area contributed by atoms with Gasteiger partial charge in [0.15, 0.2) is 6.61 Å². The van der Waals surface area contributed by atoms with Crippen molar-refractivity contribution >= 4 is 11.9 Å². The third-order valence-electron chi connectivity index (χ3n) is 2.98. The minimum atomic E-state index is -0.471. The predicted octanol–water partition coefficient (Wildman–Crippen LogP) is 2.04. The number of benzene rings is 1. The van der Waals surface area contributed by atoms with Crippen LogP contribution in [0, 0.1) is 6.92 Å². The first-order valence-electron chi connectivity index (χ1n) is 7.26. The molecule has 2 rings (SSSR count). The number of amides is 1. The number of morpholine rings is 1. The number of aryl methyl sites for hydroxylation is 1. The molecule has 1 amide bonds. The van der Waals surface area contributed by atoms with Crippen LogP contribution in [-0.2, 0) is 14.3 Å². The molecule has 0 unspecified atom stereocenters. The van der Waals surface area contributed by atoms with Crippen LogP contribution in [0.5, 0.6) is 0 Å². The summed E-state index contributed by atoms with van der Waals surface area (Å²) in [5.74, 6) is -0.648. The molecule has 0 aliphatic carbocycles. The lowest BCUT2D eigenvalue weighted by molar-refractivity contribution is -0.138. The molecule has 0 spiro atoms. The topological polar surface area (TPSA) is 55.8 Å². The molecule has 21 heavy (non-hydrogen) atoms. The van der Waals surface area contributed by atoms with E-state index in [0.717, 1.165) is 5.56 Å². The molecular formula is C16H23NO4. The lowest BCUT2D eigenvalue weighted by atomic mass is 10.1. The fraction of sp³-hybridized carbons (Fsp3) is 0.500. The van der Waals surface area contributed by atoms with Gasteiger partial charge in [-0.05, 0) is 19.1 Å². The zero-order valence-corrected chi connectivity index (χ0v) is 12.9. The first kappa shape index (κ1) is 17.2. The SMILES string of the molecule is CC.Cc1ccc(C(=O)OCC(=O)N2CCOCC2)cc1. The quantitative estimate of drug-likeness (QED) is 0.800. The zero-order valence-electron chi connectivity index (χ0n) is 12.9. The standard InChI is InChI=1S/C14H17NO4.C2H6/c1-11-2-4-12(5-3-11)14(17)19-10-13(16)15-6-8-18-9-7-15;1-2/h2-5H,6-10H2,1H3;1-2H3. The van der Waals surface area contributed by atoms with Crippen LogP contribution in [0.15, 0.2) is 24.3 Å². The molecule has 0 saturated carbocycles. The second kappa shape index (κ2) is 9.13. The van der Waals surface area contributed by atoms with Crippen LogP contribution in [0.1, 0.15) is 29.8 Å². The summed E-state index contributed by atoms with van der Waals surface area (Å²) >= 11 is 0. The third kappa shape index (κ3) is 5.55. The molecule has 1 fully saturated rings. The van der Waals surface area contributed by atoms with Crippen LogP contribution in [0.3, 0.4) is 0 Å². The lowest BCUT2D eigenvalue weighted by Gasteiger charge is -2.26. The highest BCUT2D eigenvalue weighted by atomic mass is 16.5. The van der Waals surface area contributed by atoms with Gasteiger partial charge in [0.1, 0.15) is 0 Å². The van der Waals surface area contributed by atoms with Gasteiger partial charge >= 0.3 is 5.97 Å². The normalized spacial score (nSPS) is 14.0. The third-order valence-corrected chi connectivity index (χ3v) is 2.98. The van der Waals surface area contributed by atoms with Crippen LogP contribution in [-0.4, -0.2) is 49.7 Å². The van der Waals surface area contributed by atoms with Crippen molar-refractivity contribution < 1.29 is 19.1 Å². The number of rotatable bonds is 3. The average molecular weight is 293 g/mol. The maximum Gasteiger partial charge on any atom is 0.338 e. The van der Waals surface area contributed by atoms with Crippen molar-refractivity contribution in [2.45, 2.75) is 20.8 Å². The Hall–Kier alpha value is -1.88. The molecule has 0 aromatic heterocycles.